The highest BCUT2D eigenvalue weighted by molar-refractivity contribution is 6.11. The van der Waals surface area contributed by atoms with Crippen molar-refractivity contribution in [2.45, 2.75) is 25.7 Å². The highest BCUT2D eigenvalue weighted by Crippen LogP contribution is 2.09. The molecule has 1 aromatic heterocycles. The monoisotopic (exact) mass is 294 g/mol. The van der Waals surface area contributed by atoms with E-state index in [0.29, 0.717) is 24.4 Å². The molecule has 0 unspecified atom stereocenters. The third-order valence-corrected chi connectivity index (χ3v) is 3.04. The summed E-state index contributed by atoms with van der Waals surface area (Å²) in [5.74, 6) is 0. The van der Waals surface area contributed by atoms with Crippen molar-refractivity contribution in [2.24, 2.45) is 5.16 Å². The van der Waals surface area contributed by atoms with Crippen LogP contribution in [0.5, 0.6) is 0 Å². The van der Waals surface area contributed by atoms with E-state index in [1.807, 2.05) is 42.5 Å². The van der Waals surface area contributed by atoms with Crippen molar-refractivity contribution in [1.82, 2.24) is 10.2 Å². The smallest absolute Gasteiger partial charge is 0.137 e. The maximum Gasteiger partial charge on any atom is 0.137 e. The van der Waals surface area contributed by atoms with E-state index in [1.54, 1.807) is 6.20 Å². The summed E-state index contributed by atoms with van der Waals surface area (Å²) in [5.41, 5.74) is 2.29. The molecular formula is C17H18N4O. The number of unbranched alkanes of at least 4 members (excludes halogenated alkanes) is 3. The molecule has 22 heavy (non-hydrogen) atoms. The van der Waals surface area contributed by atoms with Crippen molar-refractivity contribution in [3.63, 3.8) is 0 Å². The molecule has 0 bridgehead atoms. The zero-order valence-corrected chi connectivity index (χ0v) is 12.4. The van der Waals surface area contributed by atoms with Gasteiger partial charge in [0, 0.05) is 18.2 Å². The van der Waals surface area contributed by atoms with E-state index in [0.717, 1.165) is 24.8 Å². The summed E-state index contributed by atoms with van der Waals surface area (Å²) in [6, 6.07) is 15.6. The van der Waals surface area contributed by atoms with Crippen molar-refractivity contribution >= 4 is 5.71 Å². The number of hydrogen-bond acceptors (Lipinski definition) is 5. The molecule has 1 aromatic carbocycles. The quantitative estimate of drug-likeness (QED) is 0.425. The fraction of sp³-hybridized carbons (Fsp3) is 0.294. The normalized spacial score (nSPS) is 11.0. The molecular weight excluding hydrogens is 276 g/mol. The molecule has 0 atom stereocenters. The van der Waals surface area contributed by atoms with Crippen LogP contribution in [0.3, 0.4) is 0 Å². The first kappa shape index (κ1) is 15.6. The Bertz CT molecular complexity index is 579. The van der Waals surface area contributed by atoms with Gasteiger partial charge in [-0.15, -0.1) is 5.10 Å². The minimum Gasteiger partial charge on any atom is -0.395 e. The minimum absolute atomic E-state index is 0.530. The third-order valence-electron chi connectivity index (χ3n) is 3.04. The van der Waals surface area contributed by atoms with E-state index >= 15 is 0 Å². The predicted molar refractivity (Wildman–Crippen MR) is 84.1 cm³/mol. The molecule has 0 fully saturated rings. The van der Waals surface area contributed by atoms with Crippen LogP contribution in [0.25, 0.3) is 0 Å². The Morgan fingerprint density at radius 3 is 2.68 bits per heavy atom. The van der Waals surface area contributed by atoms with Crippen molar-refractivity contribution in [3.05, 3.63) is 59.9 Å². The molecule has 0 amide bonds. The molecule has 2 aromatic rings. The maximum absolute atomic E-state index is 8.48. The predicted octanol–water partition coefficient (Wildman–Crippen LogP) is 3.33. The molecule has 0 aliphatic carbocycles. The van der Waals surface area contributed by atoms with Crippen LogP contribution < -0.4 is 0 Å². The van der Waals surface area contributed by atoms with Crippen LogP contribution in [0.1, 0.15) is 36.9 Å². The van der Waals surface area contributed by atoms with Gasteiger partial charge in [-0.3, -0.25) is 0 Å². The second-order valence-electron chi connectivity index (χ2n) is 4.72. The largest absolute Gasteiger partial charge is 0.395 e. The molecule has 0 saturated carbocycles. The second kappa shape index (κ2) is 9.24. The first-order valence-corrected chi connectivity index (χ1v) is 7.32. The van der Waals surface area contributed by atoms with Crippen LogP contribution in [0, 0.1) is 11.3 Å². The molecule has 0 radical (unpaired) electrons. The third kappa shape index (κ3) is 4.98. The molecule has 5 nitrogen and oxygen atoms in total. The molecule has 5 heteroatoms. The van der Waals surface area contributed by atoms with Crippen molar-refractivity contribution < 1.29 is 4.84 Å². The second-order valence-corrected chi connectivity index (χ2v) is 4.72. The number of rotatable bonds is 8. The van der Waals surface area contributed by atoms with Crippen LogP contribution in [-0.2, 0) is 4.84 Å². The van der Waals surface area contributed by atoms with Gasteiger partial charge in [-0.1, -0.05) is 35.5 Å². The Hall–Kier alpha value is -2.74. The number of benzene rings is 1. The lowest BCUT2D eigenvalue weighted by molar-refractivity contribution is 0.140. The van der Waals surface area contributed by atoms with E-state index in [-0.39, 0.29) is 0 Å². The Kier molecular flexibility index (Phi) is 6.57. The van der Waals surface area contributed by atoms with Gasteiger partial charge in [-0.25, -0.2) is 0 Å². The minimum atomic E-state index is 0.530. The zero-order valence-electron chi connectivity index (χ0n) is 12.4. The van der Waals surface area contributed by atoms with Gasteiger partial charge >= 0.3 is 0 Å². The summed E-state index contributed by atoms with van der Waals surface area (Å²) in [6.07, 6.45) is 4.97. The number of oxime groups is 1. The lowest BCUT2D eigenvalue weighted by Crippen LogP contribution is -2.07. The average Bonchev–Trinajstić information content (AvgIpc) is 2.59. The standard InChI is InChI=1S/C17H18N4O/c18-12-6-1-2-7-14-22-21-17(15-9-4-3-5-10-15)16-11-8-13-19-20-16/h3-5,8-11,13H,1-2,6-7,14H2/b21-17+. The summed E-state index contributed by atoms with van der Waals surface area (Å²) in [6.45, 7) is 0.530. The van der Waals surface area contributed by atoms with E-state index in [4.69, 9.17) is 10.1 Å². The lowest BCUT2D eigenvalue weighted by Gasteiger charge is -2.06. The molecule has 0 spiro atoms. The first-order chi connectivity index (χ1) is 10.9. The highest BCUT2D eigenvalue weighted by atomic mass is 16.6. The number of nitrogens with zero attached hydrogens (tertiary/aromatic N) is 4. The Morgan fingerprint density at radius 2 is 1.95 bits per heavy atom. The van der Waals surface area contributed by atoms with Crippen molar-refractivity contribution in [3.8, 4) is 6.07 Å². The van der Waals surface area contributed by atoms with Crippen molar-refractivity contribution in [2.75, 3.05) is 6.61 Å². The molecule has 112 valence electrons. The molecule has 0 saturated heterocycles. The zero-order chi connectivity index (χ0) is 15.5. The van der Waals surface area contributed by atoms with E-state index in [2.05, 4.69) is 21.4 Å². The summed E-state index contributed by atoms with van der Waals surface area (Å²) in [4.78, 5) is 5.42. The van der Waals surface area contributed by atoms with E-state index in [9.17, 15) is 0 Å². The molecule has 0 aliphatic rings. The van der Waals surface area contributed by atoms with Gasteiger partial charge in [0.1, 0.15) is 18.0 Å². The van der Waals surface area contributed by atoms with Gasteiger partial charge in [-0.2, -0.15) is 10.4 Å². The molecule has 1 heterocycles. The van der Waals surface area contributed by atoms with Crippen LogP contribution in [0.2, 0.25) is 0 Å². The Balaban J connectivity index is 2.00. The topological polar surface area (TPSA) is 71.2 Å². The summed E-state index contributed by atoms with van der Waals surface area (Å²) in [5, 5.41) is 20.7. The van der Waals surface area contributed by atoms with E-state index < -0.39 is 0 Å². The first-order valence-electron chi connectivity index (χ1n) is 7.32. The van der Waals surface area contributed by atoms with Crippen LogP contribution in [0.4, 0.5) is 0 Å². The molecule has 0 N–H and O–H groups in total. The Labute approximate surface area is 130 Å². The van der Waals surface area contributed by atoms with E-state index in [1.165, 1.54) is 0 Å². The van der Waals surface area contributed by atoms with Crippen molar-refractivity contribution in [1.29, 1.82) is 5.26 Å². The van der Waals surface area contributed by atoms with Gasteiger partial charge < -0.3 is 4.84 Å². The fourth-order valence-corrected chi connectivity index (χ4v) is 1.93. The molecule has 2 rings (SSSR count). The fourth-order valence-electron chi connectivity index (χ4n) is 1.93. The lowest BCUT2D eigenvalue weighted by atomic mass is 10.1. The van der Waals surface area contributed by atoms with Crippen LogP contribution in [-0.4, -0.2) is 22.5 Å². The number of hydrogen-bond donors (Lipinski definition) is 0. The van der Waals surface area contributed by atoms with Gasteiger partial charge in [0.25, 0.3) is 0 Å². The van der Waals surface area contributed by atoms with Crippen LogP contribution >= 0.6 is 0 Å². The SMILES string of the molecule is N#CCCCCCO/N=C(\c1ccccc1)c1cccnn1. The van der Waals surface area contributed by atoms with Gasteiger partial charge in [-0.05, 0) is 31.4 Å². The van der Waals surface area contributed by atoms with Gasteiger partial charge in [0.05, 0.1) is 6.07 Å². The summed E-state index contributed by atoms with van der Waals surface area (Å²) in [7, 11) is 0. The Morgan fingerprint density at radius 1 is 1.09 bits per heavy atom. The van der Waals surface area contributed by atoms with Gasteiger partial charge in [0.2, 0.25) is 0 Å². The number of aromatic nitrogens is 2. The highest BCUT2D eigenvalue weighted by Gasteiger charge is 2.09. The van der Waals surface area contributed by atoms with Crippen LogP contribution in [0.15, 0.2) is 53.8 Å². The molecule has 0 aliphatic heterocycles. The number of nitriles is 1. The summed E-state index contributed by atoms with van der Waals surface area (Å²) < 4.78 is 0. The summed E-state index contributed by atoms with van der Waals surface area (Å²) >= 11 is 0. The maximum atomic E-state index is 8.48. The van der Waals surface area contributed by atoms with Gasteiger partial charge in [0.15, 0.2) is 0 Å². The average molecular weight is 294 g/mol.